The molecule has 78 valence electrons. The number of ether oxygens (including phenoxy) is 1. The van der Waals surface area contributed by atoms with Gasteiger partial charge in [0.05, 0.1) is 6.54 Å². The lowest BCUT2D eigenvalue weighted by molar-refractivity contribution is 0.0290. The van der Waals surface area contributed by atoms with Crippen molar-refractivity contribution in [1.82, 2.24) is 4.90 Å². The average molecular weight is 197 g/mol. The highest BCUT2D eigenvalue weighted by molar-refractivity contribution is 5.68. The molecular weight excluding hydrogens is 182 g/mol. The van der Waals surface area contributed by atoms with Crippen molar-refractivity contribution in [3.05, 3.63) is 0 Å². The van der Waals surface area contributed by atoms with E-state index in [2.05, 4.69) is 10.2 Å². The van der Waals surface area contributed by atoms with E-state index in [0.29, 0.717) is 13.1 Å². The van der Waals surface area contributed by atoms with Gasteiger partial charge in [0.15, 0.2) is 0 Å². The third-order valence-electron chi connectivity index (χ3n) is 2.26. The first-order chi connectivity index (χ1) is 6.40. The second-order valence-corrected chi connectivity index (χ2v) is 4.83. The molecule has 0 aromatic carbocycles. The Labute approximate surface area is 83.1 Å². The minimum Gasteiger partial charge on any atom is -0.444 e. The molecule has 0 saturated carbocycles. The zero-order valence-corrected chi connectivity index (χ0v) is 8.78. The Morgan fingerprint density at radius 2 is 2.07 bits per heavy atom. The highest BCUT2D eigenvalue weighted by Crippen LogP contribution is 2.37. The third kappa shape index (κ3) is 1.86. The minimum absolute atomic E-state index is 0.253. The van der Waals surface area contributed by atoms with Gasteiger partial charge in [0.1, 0.15) is 5.60 Å². The van der Waals surface area contributed by atoms with Crippen LogP contribution in [0.3, 0.4) is 0 Å². The number of amides is 1. The number of carbonyl (C=O) groups excluding carboxylic acids is 1. The highest BCUT2D eigenvalue weighted by atomic mass is 16.6. The predicted octanol–water partition coefficient (Wildman–Crippen LogP) is 1.79. The van der Waals surface area contributed by atoms with E-state index in [1.165, 1.54) is 0 Å². The van der Waals surface area contributed by atoms with Crippen molar-refractivity contribution >= 4 is 6.09 Å². The third-order valence-corrected chi connectivity index (χ3v) is 2.26. The molecule has 2 aliphatic rings. The number of hydrogen-bond donors (Lipinski definition) is 0. The first kappa shape index (κ1) is 9.43. The van der Waals surface area contributed by atoms with Gasteiger partial charge in [0.25, 0.3) is 0 Å². The van der Waals surface area contributed by atoms with Crippen LogP contribution in [-0.4, -0.2) is 35.3 Å². The highest BCUT2D eigenvalue weighted by Gasteiger charge is 2.48. The summed E-state index contributed by atoms with van der Waals surface area (Å²) >= 11 is 0. The van der Waals surface area contributed by atoms with Crippen LogP contribution in [0.15, 0.2) is 10.2 Å². The van der Waals surface area contributed by atoms with E-state index >= 15 is 0 Å². The first-order valence-electron chi connectivity index (χ1n) is 4.82. The Balaban J connectivity index is 1.87. The summed E-state index contributed by atoms with van der Waals surface area (Å²) in [5.74, 6) is 0. The van der Waals surface area contributed by atoms with Crippen LogP contribution in [0.1, 0.15) is 27.2 Å². The van der Waals surface area contributed by atoms with Gasteiger partial charge in [-0.25, -0.2) is 4.79 Å². The van der Waals surface area contributed by atoms with E-state index in [4.69, 9.17) is 4.74 Å². The molecule has 5 nitrogen and oxygen atoms in total. The minimum atomic E-state index is -0.426. The summed E-state index contributed by atoms with van der Waals surface area (Å²) < 4.78 is 5.25. The topological polar surface area (TPSA) is 54.3 Å². The summed E-state index contributed by atoms with van der Waals surface area (Å²) in [5, 5.41) is 7.88. The molecule has 0 aromatic heterocycles. The van der Waals surface area contributed by atoms with Crippen LogP contribution >= 0.6 is 0 Å². The number of likely N-dealkylation sites (tertiary alicyclic amines) is 1. The molecule has 0 N–H and O–H groups in total. The Morgan fingerprint density at radius 1 is 1.43 bits per heavy atom. The SMILES string of the molecule is CC(C)(C)OC(=O)N1CCC2(C1)N=N2. The summed E-state index contributed by atoms with van der Waals surface area (Å²) in [7, 11) is 0. The van der Waals surface area contributed by atoms with E-state index in [1.54, 1.807) is 4.90 Å². The molecule has 1 fully saturated rings. The maximum Gasteiger partial charge on any atom is 0.410 e. The number of rotatable bonds is 0. The lowest BCUT2D eigenvalue weighted by Gasteiger charge is -2.23. The molecule has 5 heteroatoms. The summed E-state index contributed by atoms with van der Waals surface area (Å²) in [5.41, 5.74) is -0.679. The van der Waals surface area contributed by atoms with Crippen LogP contribution in [0.5, 0.6) is 0 Å². The van der Waals surface area contributed by atoms with Crippen LogP contribution < -0.4 is 0 Å². The predicted molar refractivity (Wildman–Crippen MR) is 50.0 cm³/mol. The molecule has 0 aromatic rings. The molecule has 0 unspecified atom stereocenters. The molecule has 1 amide bonds. The Bertz CT molecular complexity index is 287. The second kappa shape index (κ2) is 2.68. The van der Waals surface area contributed by atoms with E-state index < -0.39 is 5.60 Å². The molecule has 0 atom stereocenters. The molecule has 2 aliphatic heterocycles. The molecule has 0 bridgehead atoms. The lowest BCUT2D eigenvalue weighted by atomic mass is 10.2. The molecule has 2 heterocycles. The molecule has 1 saturated heterocycles. The van der Waals surface area contributed by atoms with Crippen LogP contribution in [0.4, 0.5) is 4.79 Å². The normalized spacial score (nSPS) is 22.9. The van der Waals surface area contributed by atoms with Crippen molar-refractivity contribution in [1.29, 1.82) is 0 Å². The molecule has 0 aliphatic carbocycles. The van der Waals surface area contributed by atoms with Gasteiger partial charge in [-0.2, -0.15) is 10.2 Å². The second-order valence-electron chi connectivity index (χ2n) is 4.83. The summed E-state index contributed by atoms with van der Waals surface area (Å²) in [6.45, 7) is 6.87. The van der Waals surface area contributed by atoms with Crippen molar-refractivity contribution in [2.24, 2.45) is 10.2 Å². The fraction of sp³-hybridized carbons (Fsp3) is 0.889. The van der Waals surface area contributed by atoms with E-state index in [9.17, 15) is 4.79 Å². The van der Waals surface area contributed by atoms with Gasteiger partial charge < -0.3 is 9.64 Å². The molecule has 1 spiro atoms. The van der Waals surface area contributed by atoms with Crippen molar-refractivity contribution in [3.63, 3.8) is 0 Å². The zero-order chi connectivity index (χ0) is 10.4. The van der Waals surface area contributed by atoms with Crippen LogP contribution in [0.2, 0.25) is 0 Å². The summed E-state index contributed by atoms with van der Waals surface area (Å²) in [6.07, 6.45) is 0.582. The summed E-state index contributed by atoms with van der Waals surface area (Å²) in [6, 6.07) is 0. The van der Waals surface area contributed by atoms with Crippen molar-refractivity contribution in [2.75, 3.05) is 13.1 Å². The van der Waals surface area contributed by atoms with Crippen LogP contribution in [-0.2, 0) is 4.74 Å². The Kier molecular flexibility index (Phi) is 1.81. The van der Waals surface area contributed by atoms with Crippen LogP contribution in [0.25, 0.3) is 0 Å². The van der Waals surface area contributed by atoms with Gasteiger partial charge in [-0.15, -0.1) is 0 Å². The largest absolute Gasteiger partial charge is 0.444 e. The zero-order valence-electron chi connectivity index (χ0n) is 8.78. The van der Waals surface area contributed by atoms with E-state index in [-0.39, 0.29) is 11.8 Å². The van der Waals surface area contributed by atoms with E-state index in [0.717, 1.165) is 6.42 Å². The van der Waals surface area contributed by atoms with Crippen molar-refractivity contribution < 1.29 is 9.53 Å². The van der Waals surface area contributed by atoms with Gasteiger partial charge in [0.2, 0.25) is 5.66 Å². The van der Waals surface area contributed by atoms with Crippen molar-refractivity contribution in [3.8, 4) is 0 Å². The molecule has 14 heavy (non-hydrogen) atoms. The standard InChI is InChI=1S/C9H15N3O2/c1-8(2,3)14-7(13)12-5-4-9(6-12)10-11-9/h4-6H2,1-3H3. The number of carbonyl (C=O) groups is 1. The number of nitrogens with zero attached hydrogens (tertiary/aromatic N) is 3. The van der Waals surface area contributed by atoms with Crippen molar-refractivity contribution in [2.45, 2.75) is 38.5 Å². The van der Waals surface area contributed by atoms with Gasteiger partial charge >= 0.3 is 6.09 Å². The van der Waals surface area contributed by atoms with Crippen LogP contribution in [0, 0.1) is 0 Å². The molecule has 2 rings (SSSR count). The number of hydrogen-bond acceptors (Lipinski definition) is 4. The van der Waals surface area contributed by atoms with Gasteiger partial charge in [-0.05, 0) is 20.8 Å². The van der Waals surface area contributed by atoms with Gasteiger partial charge in [0, 0.05) is 13.0 Å². The molecular formula is C9H15N3O2. The first-order valence-corrected chi connectivity index (χ1v) is 4.82. The average Bonchev–Trinajstić information content (AvgIpc) is 2.57. The fourth-order valence-corrected chi connectivity index (χ4v) is 1.49. The monoisotopic (exact) mass is 197 g/mol. The maximum atomic E-state index is 11.6. The lowest BCUT2D eigenvalue weighted by Crippen LogP contribution is -2.36. The molecule has 0 radical (unpaired) electrons. The maximum absolute atomic E-state index is 11.6. The Hall–Kier alpha value is -1.13. The Morgan fingerprint density at radius 3 is 2.50 bits per heavy atom. The van der Waals surface area contributed by atoms with E-state index in [1.807, 2.05) is 20.8 Å². The van der Waals surface area contributed by atoms with Gasteiger partial charge in [-0.3, -0.25) is 0 Å². The van der Waals surface area contributed by atoms with Gasteiger partial charge in [-0.1, -0.05) is 0 Å². The fourth-order valence-electron chi connectivity index (χ4n) is 1.49. The summed E-state index contributed by atoms with van der Waals surface area (Å²) in [4.78, 5) is 13.3. The smallest absolute Gasteiger partial charge is 0.410 e. The quantitative estimate of drug-likeness (QED) is 0.594.